The maximum atomic E-state index is 4.58. The molecule has 1 aromatic carbocycles. The molecule has 1 aromatic rings. The fourth-order valence-corrected chi connectivity index (χ4v) is 1.53. The summed E-state index contributed by atoms with van der Waals surface area (Å²) in [4.78, 5) is 3.99. The Bertz CT molecular complexity index is 351. The van der Waals surface area contributed by atoms with E-state index in [1.54, 1.807) is 0 Å². The Morgan fingerprint density at radius 1 is 1.43 bits per heavy atom. The van der Waals surface area contributed by atoms with Crippen LogP contribution in [-0.2, 0) is 6.42 Å². The Hall–Kier alpha value is -0.980. The lowest BCUT2D eigenvalue weighted by molar-refractivity contribution is 0.794. The highest BCUT2D eigenvalue weighted by Crippen LogP contribution is 2.20. The van der Waals surface area contributed by atoms with E-state index >= 15 is 0 Å². The van der Waals surface area contributed by atoms with Crippen molar-refractivity contribution >= 4 is 23.1 Å². The van der Waals surface area contributed by atoms with Crippen molar-refractivity contribution in [2.75, 3.05) is 0 Å². The van der Waals surface area contributed by atoms with Crippen molar-refractivity contribution in [3.63, 3.8) is 0 Å². The van der Waals surface area contributed by atoms with Crippen LogP contribution in [0.2, 0.25) is 0 Å². The van der Waals surface area contributed by atoms with Crippen LogP contribution in [0.5, 0.6) is 0 Å². The van der Waals surface area contributed by atoms with E-state index in [1.165, 1.54) is 24.0 Å². The number of unbranched alkanes of at least 4 members (excludes halogenated alkanes) is 1. The van der Waals surface area contributed by atoms with Gasteiger partial charge < -0.3 is 0 Å². The number of isothiocyanates is 1. The summed E-state index contributed by atoms with van der Waals surface area (Å²) in [6.07, 6.45) is 3.63. The quantitative estimate of drug-likeness (QED) is 0.533. The molecule has 0 radical (unpaired) electrons. The molecular weight excluding hydrogens is 190 g/mol. The minimum atomic E-state index is 0.931. The highest BCUT2D eigenvalue weighted by Gasteiger charge is 1.98. The number of aliphatic imine (C=N–C) groups is 1. The van der Waals surface area contributed by atoms with Gasteiger partial charge >= 0.3 is 0 Å². The number of thiocarbonyl (C=S) groups is 1. The second-order valence-corrected chi connectivity index (χ2v) is 3.61. The van der Waals surface area contributed by atoms with Gasteiger partial charge in [0.25, 0.3) is 0 Å². The monoisotopic (exact) mass is 205 g/mol. The zero-order chi connectivity index (χ0) is 10.4. The van der Waals surface area contributed by atoms with E-state index in [1.807, 2.05) is 6.07 Å². The van der Waals surface area contributed by atoms with Gasteiger partial charge in [-0.05, 0) is 49.2 Å². The average Bonchev–Trinajstić information content (AvgIpc) is 2.19. The van der Waals surface area contributed by atoms with E-state index in [4.69, 9.17) is 0 Å². The Kier molecular flexibility index (Phi) is 4.51. The molecule has 0 fully saturated rings. The number of rotatable bonds is 4. The lowest BCUT2D eigenvalue weighted by atomic mass is 10.0. The first kappa shape index (κ1) is 11.1. The van der Waals surface area contributed by atoms with Crippen molar-refractivity contribution in [1.82, 2.24) is 0 Å². The Labute approximate surface area is 90.9 Å². The third-order valence-electron chi connectivity index (χ3n) is 2.25. The molecule has 0 unspecified atom stereocenters. The van der Waals surface area contributed by atoms with Crippen molar-refractivity contribution in [1.29, 1.82) is 0 Å². The van der Waals surface area contributed by atoms with Crippen LogP contribution in [0, 0.1) is 6.92 Å². The van der Waals surface area contributed by atoms with Gasteiger partial charge in [0.15, 0.2) is 0 Å². The molecule has 0 aromatic heterocycles. The zero-order valence-electron chi connectivity index (χ0n) is 8.71. The molecule has 0 heterocycles. The highest BCUT2D eigenvalue weighted by atomic mass is 32.1. The van der Waals surface area contributed by atoms with Crippen molar-refractivity contribution in [3.8, 4) is 0 Å². The minimum absolute atomic E-state index is 0.931. The lowest BCUT2D eigenvalue weighted by Crippen LogP contribution is -1.85. The molecule has 0 saturated heterocycles. The van der Waals surface area contributed by atoms with Gasteiger partial charge in [-0.2, -0.15) is 4.99 Å². The van der Waals surface area contributed by atoms with Gasteiger partial charge in [0.1, 0.15) is 0 Å². The van der Waals surface area contributed by atoms with Crippen molar-refractivity contribution in [3.05, 3.63) is 29.3 Å². The van der Waals surface area contributed by atoms with Crippen LogP contribution in [-0.4, -0.2) is 5.16 Å². The van der Waals surface area contributed by atoms with Gasteiger partial charge in [0.05, 0.1) is 10.8 Å². The molecule has 0 aliphatic carbocycles. The smallest absolute Gasteiger partial charge is 0.0768 e. The third kappa shape index (κ3) is 3.06. The molecule has 1 nitrogen and oxygen atoms in total. The van der Waals surface area contributed by atoms with Crippen molar-refractivity contribution < 1.29 is 0 Å². The van der Waals surface area contributed by atoms with Crippen LogP contribution in [0.4, 0.5) is 5.69 Å². The first-order valence-corrected chi connectivity index (χ1v) is 5.36. The summed E-state index contributed by atoms with van der Waals surface area (Å²) in [6, 6.07) is 6.31. The Morgan fingerprint density at radius 2 is 2.21 bits per heavy atom. The predicted octanol–water partition coefficient (Wildman–Crippen LogP) is 4.07. The molecule has 74 valence electrons. The van der Waals surface area contributed by atoms with E-state index in [0.717, 1.165) is 12.1 Å². The summed E-state index contributed by atoms with van der Waals surface area (Å²) in [5, 5.41) is 2.40. The minimum Gasteiger partial charge on any atom is -0.194 e. The fourth-order valence-electron chi connectivity index (χ4n) is 1.43. The van der Waals surface area contributed by atoms with E-state index in [9.17, 15) is 0 Å². The Balaban J connectivity index is 2.83. The van der Waals surface area contributed by atoms with E-state index < -0.39 is 0 Å². The normalized spacial score (nSPS) is 9.57. The molecule has 0 atom stereocenters. The SMILES string of the molecule is CCCCc1ccc(N=C=S)c(C)c1. The summed E-state index contributed by atoms with van der Waals surface area (Å²) in [5.41, 5.74) is 3.49. The van der Waals surface area contributed by atoms with Crippen LogP contribution >= 0.6 is 12.2 Å². The molecule has 14 heavy (non-hydrogen) atoms. The summed E-state index contributed by atoms with van der Waals surface area (Å²) < 4.78 is 0. The first-order valence-electron chi connectivity index (χ1n) is 4.95. The summed E-state index contributed by atoms with van der Waals surface area (Å²) >= 11 is 4.58. The van der Waals surface area contributed by atoms with Crippen molar-refractivity contribution in [2.24, 2.45) is 4.99 Å². The lowest BCUT2D eigenvalue weighted by Gasteiger charge is -2.03. The summed E-state index contributed by atoms with van der Waals surface area (Å²) in [6.45, 7) is 4.26. The van der Waals surface area contributed by atoms with Crippen LogP contribution < -0.4 is 0 Å². The number of aryl methyl sites for hydroxylation is 2. The van der Waals surface area contributed by atoms with Gasteiger partial charge in [0.2, 0.25) is 0 Å². The van der Waals surface area contributed by atoms with Crippen LogP contribution in [0.1, 0.15) is 30.9 Å². The van der Waals surface area contributed by atoms with Crippen molar-refractivity contribution in [2.45, 2.75) is 33.1 Å². The van der Waals surface area contributed by atoms with E-state index in [2.05, 4.69) is 48.4 Å². The number of nitrogens with zero attached hydrogens (tertiary/aromatic N) is 1. The molecule has 0 saturated carbocycles. The predicted molar refractivity (Wildman–Crippen MR) is 64.5 cm³/mol. The van der Waals surface area contributed by atoms with E-state index in [-0.39, 0.29) is 0 Å². The van der Waals surface area contributed by atoms with Gasteiger partial charge in [-0.25, -0.2) is 0 Å². The van der Waals surface area contributed by atoms with Crippen LogP contribution in [0.25, 0.3) is 0 Å². The van der Waals surface area contributed by atoms with Gasteiger partial charge in [-0.3, -0.25) is 0 Å². The maximum absolute atomic E-state index is 4.58. The molecule has 0 N–H and O–H groups in total. The second-order valence-electron chi connectivity index (χ2n) is 3.43. The summed E-state index contributed by atoms with van der Waals surface area (Å²) in [7, 11) is 0. The number of hydrogen-bond donors (Lipinski definition) is 0. The molecular formula is C12H15NS. The second kappa shape index (κ2) is 5.69. The Morgan fingerprint density at radius 3 is 2.79 bits per heavy atom. The zero-order valence-corrected chi connectivity index (χ0v) is 9.53. The molecule has 2 heteroatoms. The largest absolute Gasteiger partial charge is 0.194 e. The third-order valence-corrected chi connectivity index (χ3v) is 2.34. The molecule has 0 amide bonds. The number of benzene rings is 1. The fraction of sp³-hybridized carbons (Fsp3) is 0.417. The van der Waals surface area contributed by atoms with Crippen LogP contribution in [0.15, 0.2) is 23.2 Å². The molecule has 0 bridgehead atoms. The van der Waals surface area contributed by atoms with Gasteiger partial charge in [-0.1, -0.05) is 25.5 Å². The standard InChI is InChI=1S/C12H15NS/c1-3-4-5-11-6-7-12(13-9-14)10(2)8-11/h6-8H,3-5H2,1-2H3. The first-order chi connectivity index (χ1) is 6.77. The van der Waals surface area contributed by atoms with Gasteiger partial charge in [0, 0.05) is 0 Å². The maximum Gasteiger partial charge on any atom is 0.0768 e. The molecule has 0 aliphatic heterocycles. The molecule has 0 aliphatic rings. The van der Waals surface area contributed by atoms with Gasteiger partial charge in [-0.15, -0.1) is 0 Å². The average molecular weight is 205 g/mol. The van der Waals surface area contributed by atoms with E-state index in [0.29, 0.717) is 0 Å². The summed E-state index contributed by atoms with van der Waals surface area (Å²) in [5.74, 6) is 0. The van der Waals surface area contributed by atoms with Crippen LogP contribution in [0.3, 0.4) is 0 Å². The molecule has 1 rings (SSSR count). The number of hydrogen-bond acceptors (Lipinski definition) is 2. The highest BCUT2D eigenvalue weighted by molar-refractivity contribution is 7.78. The topological polar surface area (TPSA) is 12.4 Å². The molecule has 0 spiro atoms.